The van der Waals surface area contributed by atoms with Crippen molar-refractivity contribution in [3.8, 4) is 28.1 Å². The Bertz CT molecular complexity index is 1850. The fourth-order valence-corrected chi connectivity index (χ4v) is 4.60. The number of aromatic nitrogens is 2. The van der Waals surface area contributed by atoms with Gasteiger partial charge in [-0.2, -0.15) is 5.10 Å². The highest BCUT2D eigenvalue weighted by atomic mass is 16.5. The number of fused-ring (bicyclic) bond motifs is 2. The van der Waals surface area contributed by atoms with Crippen LogP contribution in [0.2, 0.25) is 0 Å². The predicted octanol–water partition coefficient (Wildman–Crippen LogP) is 6.95. The number of carbonyl (C=O) groups excluding carboxylic acids is 1. The zero-order valence-electron chi connectivity index (χ0n) is 21.9. The van der Waals surface area contributed by atoms with Crippen molar-refractivity contribution in [2.75, 3.05) is 6.61 Å². The first-order valence-corrected chi connectivity index (χ1v) is 13.0. The molecule has 1 amide bonds. The highest BCUT2D eigenvalue weighted by molar-refractivity contribution is 5.97. The molecule has 6 rings (SSSR count). The van der Waals surface area contributed by atoms with E-state index in [-0.39, 0.29) is 12.5 Å². The summed E-state index contributed by atoms with van der Waals surface area (Å²) in [5.74, 6) is 0.242. The first-order chi connectivity index (χ1) is 19.6. The number of amides is 1. The van der Waals surface area contributed by atoms with Gasteiger partial charge in [0.15, 0.2) is 6.61 Å². The first-order valence-electron chi connectivity index (χ1n) is 13.0. The number of hydrogen-bond acceptors (Lipinski definition) is 5. The quantitative estimate of drug-likeness (QED) is 0.182. The van der Waals surface area contributed by atoms with Gasteiger partial charge in [-0.15, -0.1) is 0 Å². The van der Waals surface area contributed by atoms with Crippen molar-refractivity contribution in [2.45, 2.75) is 6.92 Å². The average molecular weight is 523 g/mol. The van der Waals surface area contributed by atoms with E-state index < -0.39 is 0 Å². The van der Waals surface area contributed by atoms with Crippen LogP contribution in [0.1, 0.15) is 11.1 Å². The molecule has 0 atom stereocenters. The van der Waals surface area contributed by atoms with E-state index in [1.807, 2.05) is 72.8 Å². The van der Waals surface area contributed by atoms with Crippen LogP contribution in [0.5, 0.6) is 5.75 Å². The molecular weight excluding hydrogens is 496 g/mol. The Morgan fingerprint density at radius 2 is 1.68 bits per heavy atom. The van der Waals surface area contributed by atoms with E-state index in [1.54, 1.807) is 12.4 Å². The highest BCUT2D eigenvalue weighted by Crippen LogP contribution is 2.33. The van der Waals surface area contributed by atoms with Gasteiger partial charge in [0.2, 0.25) is 0 Å². The number of benzene rings is 4. The molecule has 6 aromatic rings. The summed E-state index contributed by atoms with van der Waals surface area (Å²) < 4.78 is 5.68. The lowest BCUT2D eigenvalue weighted by atomic mass is 9.97. The number of hydrazone groups is 1. The minimum Gasteiger partial charge on any atom is -0.484 e. The number of ether oxygens (including phenoxy) is 1. The van der Waals surface area contributed by atoms with Crippen LogP contribution in [0.3, 0.4) is 0 Å². The molecule has 0 saturated heterocycles. The van der Waals surface area contributed by atoms with Gasteiger partial charge >= 0.3 is 0 Å². The summed E-state index contributed by atoms with van der Waals surface area (Å²) in [5, 5.41) is 6.18. The summed E-state index contributed by atoms with van der Waals surface area (Å²) in [6, 6.07) is 36.1. The third-order valence-corrected chi connectivity index (χ3v) is 6.60. The summed E-state index contributed by atoms with van der Waals surface area (Å²) in [6.07, 6.45) is 3.35. The molecule has 2 aromatic heterocycles. The molecule has 0 fully saturated rings. The molecule has 6 nitrogen and oxygen atoms in total. The second kappa shape index (κ2) is 11.2. The van der Waals surface area contributed by atoms with Crippen LogP contribution in [0.4, 0.5) is 0 Å². The molecule has 194 valence electrons. The molecule has 0 aliphatic rings. The van der Waals surface area contributed by atoms with E-state index in [4.69, 9.17) is 9.72 Å². The number of carbonyl (C=O) groups is 1. The van der Waals surface area contributed by atoms with Gasteiger partial charge in [0.25, 0.3) is 5.91 Å². The maximum atomic E-state index is 12.3. The number of nitrogens with one attached hydrogen (secondary N) is 1. The third kappa shape index (κ3) is 5.56. The SMILES string of the molecule is Cc1ccc2nc(-c3ccc(OCC(=O)NN=Cc4ccc5ncccc5c4)cc3)cc(-c3ccccc3)c2c1. The third-order valence-electron chi connectivity index (χ3n) is 6.60. The first kappa shape index (κ1) is 24.9. The van der Waals surface area contributed by atoms with E-state index in [1.165, 1.54) is 5.56 Å². The highest BCUT2D eigenvalue weighted by Gasteiger charge is 2.10. The van der Waals surface area contributed by atoms with Crippen molar-refractivity contribution in [1.29, 1.82) is 0 Å². The van der Waals surface area contributed by atoms with Crippen LogP contribution in [-0.2, 0) is 4.79 Å². The number of aryl methyl sites for hydroxylation is 1. The van der Waals surface area contributed by atoms with E-state index >= 15 is 0 Å². The van der Waals surface area contributed by atoms with Crippen molar-refractivity contribution >= 4 is 33.9 Å². The average Bonchev–Trinajstić information content (AvgIpc) is 3.00. The van der Waals surface area contributed by atoms with Crippen LogP contribution in [0.25, 0.3) is 44.2 Å². The summed E-state index contributed by atoms with van der Waals surface area (Å²) in [7, 11) is 0. The Hall–Kier alpha value is -5.36. The molecule has 40 heavy (non-hydrogen) atoms. The van der Waals surface area contributed by atoms with Crippen molar-refractivity contribution in [2.24, 2.45) is 5.10 Å². The summed E-state index contributed by atoms with van der Waals surface area (Å²) >= 11 is 0. The van der Waals surface area contributed by atoms with Crippen LogP contribution < -0.4 is 10.2 Å². The molecule has 0 spiro atoms. The molecular formula is C34H26N4O2. The van der Waals surface area contributed by atoms with Gasteiger partial charge in [-0.1, -0.05) is 54.1 Å². The molecule has 2 heterocycles. The molecule has 1 N–H and O–H groups in total. The van der Waals surface area contributed by atoms with Gasteiger partial charge in [-0.3, -0.25) is 9.78 Å². The predicted molar refractivity (Wildman–Crippen MR) is 160 cm³/mol. The molecule has 0 radical (unpaired) electrons. The Balaban J connectivity index is 1.12. The Kier molecular flexibility index (Phi) is 6.97. The summed E-state index contributed by atoms with van der Waals surface area (Å²) in [6.45, 7) is 1.94. The number of rotatable bonds is 7. The van der Waals surface area contributed by atoms with Crippen molar-refractivity contribution in [3.63, 3.8) is 0 Å². The molecule has 0 unspecified atom stereocenters. The van der Waals surface area contributed by atoms with Crippen molar-refractivity contribution in [1.82, 2.24) is 15.4 Å². The maximum absolute atomic E-state index is 12.3. The Morgan fingerprint density at radius 3 is 2.52 bits per heavy atom. The smallest absolute Gasteiger partial charge is 0.277 e. The van der Waals surface area contributed by atoms with Crippen LogP contribution in [0.15, 0.2) is 120 Å². The van der Waals surface area contributed by atoms with Gasteiger partial charge in [-0.25, -0.2) is 10.4 Å². The van der Waals surface area contributed by atoms with Crippen LogP contribution in [-0.4, -0.2) is 28.7 Å². The normalized spacial score (nSPS) is 11.2. The monoisotopic (exact) mass is 522 g/mol. The van der Waals surface area contributed by atoms with Gasteiger partial charge in [0, 0.05) is 22.5 Å². The molecule has 6 heteroatoms. The lowest BCUT2D eigenvalue weighted by Crippen LogP contribution is -2.24. The standard InChI is InChI=1S/C34H26N4O2/c1-23-9-15-32-30(18-23)29(25-6-3-2-4-7-25)20-33(37-32)26-11-13-28(14-12-26)40-22-34(39)38-36-21-24-10-16-31-27(19-24)8-5-17-35-31/h2-21H,22H2,1H3,(H,38,39). The lowest BCUT2D eigenvalue weighted by Gasteiger charge is -2.12. The molecule has 4 aromatic carbocycles. The Morgan fingerprint density at radius 1 is 0.850 bits per heavy atom. The maximum Gasteiger partial charge on any atom is 0.277 e. The van der Waals surface area contributed by atoms with Crippen molar-refractivity contribution in [3.05, 3.63) is 127 Å². The van der Waals surface area contributed by atoms with Gasteiger partial charge in [-0.05, 0) is 84.3 Å². The zero-order valence-corrected chi connectivity index (χ0v) is 21.9. The molecule has 0 saturated carbocycles. The molecule has 0 aliphatic carbocycles. The van der Waals surface area contributed by atoms with E-state index in [0.717, 1.165) is 49.8 Å². The fraction of sp³-hybridized carbons (Fsp3) is 0.0588. The lowest BCUT2D eigenvalue weighted by molar-refractivity contribution is -0.123. The van der Waals surface area contributed by atoms with Crippen LogP contribution in [0, 0.1) is 6.92 Å². The number of nitrogens with zero attached hydrogens (tertiary/aromatic N) is 3. The van der Waals surface area contributed by atoms with E-state index in [2.05, 4.69) is 58.8 Å². The number of pyridine rings is 2. The van der Waals surface area contributed by atoms with Gasteiger partial charge < -0.3 is 4.74 Å². The Labute approximate surface area is 232 Å². The van der Waals surface area contributed by atoms with Gasteiger partial charge in [0.1, 0.15) is 5.75 Å². The topological polar surface area (TPSA) is 76.5 Å². The minimum absolute atomic E-state index is 0.149. The minimum atomic E-state index is -0.346. The summed E-state index contributed by atoms with van der Waals surface area (Å²) in [4.78, 5) is 21.5. The van der Waals surface area contributed by atoms with Crippen molar-refractivity contribution < 1.29 is 9.53 Å². The fourth-order valence-electron chi connectivity index (χ4n) is 4.60. The second-order valence-corrected chi connectivity index (χ2v) is 9.50. The zero-order chi connectivity index (χ0) is 27.3. The largest absolute Gasteiger partial charge is 0.484 e. The molecule has 0 bridgehead atoms. The summed E-state index contributed by atoms with van der Waals surface area (Å²) in [5.41, 5.74) is 10.5. The van der Waals surface area contributed by atoms with Crippen LogP contribution >= 0.6 is 0 Å². The van der Waals surface area contributed by atoms with Gasteiger partial charge in [0.05, 0.1) is 22.9 Å². The van der Waals surface area contributed by atoms with E-state index in [9.17, 15) is 4.79 Å². The number of hydrogen-bond donors (Lipinski definition) is 1. The second-order valence-electron chi connectivity index (χ2n) is 9.50. The molecule has 0 aliphatic heterocycles. The van der Waals surface area contributed by atoms with E-state index in [0.29, 0.717) is 5.75 Å².